The normalized spacial score (nSPS) is 11.4. The molecule has 0 saturated carbocycles. The van der Waals surface area contributed by atoms with E-state index in [1.807, 2.05) is 0 Å². The molecule has 1 N–H and O–H groups in total. The van der Waals surface area contributed by atoms with Crippen LogP contribution in [0.3, 0.4) is 0 Å². The zero-order valence-corrected chi connectivity index (χ0v) is 15.9. The van der Waals surface area contributed by atoms with Crippen LogP contribution in [0.4, 0.5) is 4.39 Å². The number of carbonyl (C=O) groups excluding carboxylic acids is 1. The van der Waals surface area contributed by atoms with Crippen molar-refractivity contribution in [1.82, 2.24) is 5.32 Å². The van der Waals surface area contributed by atoms with E-state index in [4.69, 9.17) is 18.9 Å². The predicted molar refractivity (Wildman–Crippen MR) is 99.1 cm³/mol. The van der Waals surface area contributed by atoms with Crippen molar-refractivity contribution in [1.29, 1.82) is 0 Å². The summed E-state index contributed by atoms with van der Waals surface area (Å²) >= 11 is 0. The summed E-state index contributed by atoms with van der Waals surface area (Å²) in [4.78, 5) is 12.4. The number of nitrogens with one attached hydrogen (secondary N) is 1. The van der Waals surface area contributed by atoms with Crippen LogP contribution in [0.15, 0.2) is 36.4 Å². The second-order valence-corrected chi connectivity index (χ2v) is 5.70. The second-order valence-electron chi connectivity index (χ2n) is 5.70. The van der Waals surface area contributed by atoms with E-state index in [1.165, 1.54) is 33.5 Å². The second kappa shape index (κ2) is 9.66. The lowest BCUT2D eigenvalue weighted by Crippen LogP contribution is -2.37. The van der Waals surface area contributed by atoms with Gasteiger partial charge < -0.3 is 24.3 Å². The highest BCUT2D eigenvalue weighted by molar-refractivity contribution is 5.81. The van der Waals surface area contributed by atoms with Crippen LogP contribution in [0.5, 0.6) is 23.0 Å². The maximum Gasteiger partial charge on any atom is 0.261 e. The van der Waals surface area contributed by atoms with Crippen LogP contribution in [0, 0.1) is 5.82 Å². The molecule has 0 aliphatic carbocycles. The molecule has 0 aliphatic rings. The topological polar surface area (TPSA) is 66.0 Å². The maximum atomic E-state index is 13.7. The van der Waals surface area contributed by atoms with Crippen LogP contribution in [-0.4, -0.2) is 33.3 Å². The molecular formula is C20H24FNO5. The summed E-state index contributed by atoms with van der Waals surface area (Å²) in [6.45, 7) is 2.03. The molecule has 6 nitrogen and oxygen atoms in total. The Kier molecular flexibility index (Phi) is 7.28. The average molecular weight is 377 g/mol. The average Bonchev–Trinajstić information content (AvgIpc) is 2.70. The summed E-state index contributed by atoms with van der Waals surface area (Å²) in [5.41, 5.74) is 0.763. The predicted octanol–water partition coefficient (Wildman–Crippen LogP) is 3.33. The van der Waals surface area contributed by atoms with Gasteiger partial charge in [0.05, 0.1) is 21.3 Å². The zero-order chi connectivity index (χ0) is 19.8. The fourth-order valence-corrected chi connectivity index (χ4v) is 2.56. The molecule has 2 aromatic carbocycles. The molecule has 7 heteroatoms. The first-order valence-electron chi connectivity index (χ1n) is 8.51. The SMILES string of the molecule is CCC(Oc1ccccc1F)C(=O)NCc1cc(OC)c(OC)c(OC)c1. The standard InChI is InChI=1S/C20H24FNO5/c1-5-15(27-16-9-7-6-8-14(16)21)20(23)22-12-13-10-17(24-2)19(26-4)18(11-13)25-3/h6-11,15H,5,12H2,1-4H3,(H,22,23). The van der Waals surface area contributed by atoms with Crippen molar-refractivity contribution in [3.63, 3.8) is 0 Å². The van der Waals surface area contributed by atoms with Gasteiger partial charge in [-0.1, -0.05) is 19.1 Å². The number of para-hydroxylation sites is 1. The summed E-state index contributed by atoms with van der Waals surface area (Å²) in [6, 6.07) is 9.49. The first-order chi connectivity index (χ1) is 13.0. The number of halogens is 1. The minimum atomic E-state index is -0.802. The van der Waals surface area contributed by atoms with Crippen LogP contribution < -0.4 is 24.3 Å². The molecule has 0 radical (unpaired) electrons. The molecule has 0 saturated heterocycles. The van der Waals surface area contributed by atoms with Crippen molar-refractivity contribution in [3.05, 3.63) is 47.8 Å². The minimum Gasteiger partial charge on any atom is -0.493 e. The number of methoxy groups -OCH3 is 3. The molecule has 0 fully saturated rings. The highest BCUT2D eigenvalue weighted by Gasteiger charge is 2.20. The number of amides is 1. The van der Waals surface area contributed by atoms with Gasteiger partial charge in [-0.3, -0.25) is 4.79 Å². The van der Waals surface area contributed by atoms with Crippen LogP contribution in [0.1, 0.15) is 18.9 Å². The summed E-state index contributed by atoms with van der Waals surface area (Å²) in [5, 5.41) is 2.79. The molecule has 2 aromatic rings. The summed E-state index contributed by atoms with van der Waals surface area (Å²) < 4.78 is 35.1. The molecule has 2 rings (SSSR count). The van der Waals surface area contributed by atoms with Gasteiger partial charge in [-0.2, -0.15) is 0 Å². The molecule has 1 unspecified atom stereocenters. The molecule has 27 heavy (non-hydrogen) atoms. The number of rotatable bonds is 9. The Morgan fingerprint density at radius 2 is 1.67 bits per heavy atom. The Hall–Kier alpha value is -2.96. The lowest BCUT2D eigenvalue weighted by Gasteiger charge is -2.18. The molecular weight excluding hydrogens is 353 g/mol. The Labute approximate surface area is 158 Å². The highest BCUT2D eigenvalue weighted by Crippen LogP contribution is 2.38. The lowest BCUT2D eigenvalue weighted by molar-refractivity contribution is -0.128. The van der Waals surface area contributed by atoms with Crippen molar-refractivity contribution in [2.45, 2.75) is 26.0 Å². The van der Waals surface area contributed by atoms with E-state index in [-0.39, 0.29) is 18.2 Å². The van der Waals surface area contributed by atoms with Gasteiger partial charge in [-0.05, 0) is 36.2 Å². The van der Waals surface area contributed by atoms with Gasteiger partial charge in [0, 0.05) is 6.54 Å². The van der Waals surface area contributed by atoms with E-state index in [0.717, 1.165) is 5.56 Å². The van der Waals surface area contributed by atoms with Crippen molar-refractivity contribution in [2.75, 3.05) is 21.3 Å². The molecule has 0 aromatic heterocycles. The van der Waals surface area contributed by atoms with E-state index >= 15 is 0 Å². The maximum absolute atomic E-state index is 13.7. The van der Waals surface area contributed by atoms with Gasteiger partial charge in [-0.15, -0.1) is 0 Å². The summed E-state index contributed by atoms with van der Waals surface area (Å²) in [5.74, 6) is 0.672. The number of carbonyl (C=O) groups is 1. The number of ether oxygens (including phenoxy) is 4. The largest absolute Gasteiger partial charge is 0.493 e. The first-order valence-corrected chi connectivity index (χ1v) is 8.51. The van der Waals surface area contributed by atoms with Gasteiger partial charge in [-0.25, -0.2) is 4.39 Å². The number of benzene rings is 2. The van der Waals surface area contributed by atoms with E-state index in [1.54, 1.807) is 31.2 Å². The third-order valence-electron chi connectivity index (χ3n) is 3.96. The third-order valence-corrected chi connectivity index (χ3v) is 3.96. The van der Waals surface area contributed by atoms with Gasteiger partial charge in [0.2, 0.25) is 5.75 Å². The zero-order valence-electron chi connectivity index (χ0n) is 15.9. The van der Waals surface area contributed by atoms with E-state index < -0.39 is 11.9 Å². The molecule has 1 amide bonds. The van der Waals surface area contributed by atoms with E-state index in [2.05, 4.69) is 5.32 Å². The van der Waals surface area contributed by atoms with Gasteiger partial charge >= 0.3 is 0 Å². The lowest BCUT2D eigenvalue weighted by atomic mass is 10.1. The molecule has 0 heterocycles. The molecule has 146 valence electrons. The Morgan fingerprint density at radius 1 is 1.04 bits per heavy atom. The third kappa shape index (κ3) is 5.03. The fourth-order valence-electron chi connectivity index (χ4n) is 2.56. The Balaban J connectivity index is 2.08. The van der Waals surface area contributed by atoms with Crippen molar-refractivity contribution < 1.29 is 28.1 Å². The summed E-state index contributed by atoms with van der Waals surface area (Å²) in [6.07, 6.45) is -0.404. The molecule has 1 atom stereocenters. The highest BCUT2D eigenvalue weighted by atomic mass is 19.1. The van der Waals surface area contributed by atoms with Gasteiger partial charge in [0.1, 0.15) is 0 Å². The van der Waals surface area contributed by atoms with Crippen molar-refractivity contribution >= 4 is 5.91 Å². The molecule has 0 spiro atoms. The quantitative estimate of drug-likeness (QED) is 0.726. The Bertz CT molecular complexity index is 756. The first kappa shape index (κ1) is 20.4. The van der Waals surface area contributed by atoms with Crippen LogP contribution >= 0.6 is 0 Å². The Morgan fingerprint density at radius 3 is 2.19 bits per heavy atom. The van der Waals surface area contributed by atoms with Gasteiger partial charge in [0.15, 0.2) is 29.2 Å². The monoisotopic (exact) mass is 377 g/mol. The van der Waals surface area contributed by atoms with Crippen LogP contribution in [-0.2, 0) is 11.3 Å². The number of hydrogen-bond donors (Lipinski definition) is 1. The van der Waals surface area contributed by atoms with Gasteiger partial charge in [0.25, 0.3) is 5.91 Å². The molecule has 0 aliphatic heterocycles. The smallest absolute Gasteiger partial charge is 0.261 e. The van der Waals surface area contributed by atoms with E-state index in [9.17, 15) is 9.18 Å². The summed E-state index contributed by atoms with van der Waals surface area (Å²) in [7, 11) is 4.57. The molecule has 0 bridgehead atoms. The van der Waals surface area contributed by atoms with Crippen LogP contribution in [0.25, 0.3) is 0 Å². The van der Waals surface area contributed by atoms with Crippen molar-refractivity contribution in [2.24, 2.45) is 0 Å². The fraction of sp³-hybridized carbons (Fsp3) is 0.350. The van der Waals surface area contributed by atoms with E-state index in [0.29, 0.717) is 23.7 Å². The minimum absolute atomic E-state index is 0.0484. The van der Waals surface area contributed by atoms with Crippen LogP contribution in [0.2, 0.25) is 0 Å². The number of hydrogen-bond acceptors (Lipinski definition) is 5. The van der Waals surface area contributed by atoms with Crippen molar-refractivity contribution in [3.8, 4) is 23.0 Å².